The standard InChI is InChI=1S/C21H19FO4/c1-24-18-11-10-15-14-7-3-4-8-16(14)21(23)26-19(15)20(18)25-12-13-6-2-5-9-17(13)22/h2,5-6,9-11H,3-4,7-8,12H2,1H3. The summed E-state index contributed by atoms with van der Waals surface area (Å²) in [5.74, 6) is 0.442. The highest BCUT2D eigenvalue weighted by atomic mass is 19.1. The monoisotopic (exact) mass is 354 g/mol. The van der Waals surface area contributed by atoms with Crippen LogP contribution >= 0.6 is 0 Å². The highest BCUT2D eigenvalue weighted by Crippen LogP contribution is 2.38. The van der Waals surface area contributed by atoms with Crippen LogP contribution in [-0.2, 0) is 19.4 Å². The van der Waals surface area contributed by atoms with Gasteiger partial charge in [-0.15, -0.1) is 0 Å². The summed E-state index contributed by atoms with van der Waals surface area (Å²) in [5, 5.41) is 0.864. The molecule has 0 N–H and O–H groups in total. The van der Waals surface area contributed by atoms with Crippen molar-refractivity contribution in [2.75, 3.05) is 7.11 Å². The first-order valence-corrected chi connectivity index (χ1v) is 8.71. The summed E-state index contributed by atoms with van der Waals surface area (Å²) >= 11 is 0. The molecule has 0 unspecified atom stereocenters. The van der Waals surface area contributed by atoms with E-state index in [-0.39, 0.29) is 18.0 Å². The first kappa shape index (κ1) is 16.6. The van der Waals surface area contributed by atoms with Gasteiger partial charge in [0.25, 0.3) is 0 Å². The Kier molecular flexibility index (Phi) is 4.37. The minimum atomic E-state index is -0.342. The SMILES string of the molecule is COc1ccc2c3c(c(=O)oc2c1OCc1ccccc1F)CCCC3. The molecule has 0 saturated heterocycles. The van der Waals surface area contributed by atoms with Crippen molar-refractivity contribution in [2.45, 2.75) is 32.3 Å². The van der Waals surface area contributed by atoms with Crippen molar-refractivity contribution in [1.29, 1.82) is 0 Å². The molecular weight excluding hydrogens is 335 g/mol. The number of benzene rings is 2. The van der Waals surface area contributed by atoms with Crippen LogP contribution in [0.15, 0.2) is 45.6 Å². The number of halogens is 1. The summed E-state index contributed by atoms with van der Waals surface area (Å²) in [7, 11) is 1.52. The van der Waals surface area contributed by atoms with E-state index >= 15 is 0 Å². The molecular formula is C21H19FO4. The van der Waals surface area contributed by atoms with Gasteiger partial charge < -0.3 is 13.9 Å². The second kappa shape index (κ2) is 6.83. The third-order valence-corrected chi connectivity index (χ3v) is 4.86. The summed E-state index contributed by atoms with van der Waals surface area (Å²) in [6.45, 7) is 0.0168. The molecule has 1 aliphatic carbocycles. The van der Waals surface area contributed by atoms with Gasteiger partial charge in [-0.05, 0) is 49.4 Å². The second-order valence-corrected chi connectivity index (χ2v) is 6.41. The van der Waals surface area contributed by atoms with Crippen LogP contribution in [0.25, 0.3) is 11.0 Å². The van der Waals surface area contributed by atoms with Crippen molar-refractivity contribution in [3.63, 3.8) is 0 Å². The van der Waals surface area contributed by atoms with E-state index in [0.29, 0.717) is 22.6 Å². The van der Waals surface area contributed by atoms with Crippen molar-refractivity contribution in [2.24, 2.45) is 0 Å². The van der Waals surface area contributed by atoms with E-state index < -0.39 is 0 Å². The Bertz CT molecular complexity index is 1020. The van der Waals surface area contributed by atoms with Crippen LogP contribution in [0.3, 0.4) is 0 Å². The highest BCUT2D eigenvalue weighted by Gasteiger charge is 2.22. The normalized spacial score (nSPS) is 13.5. The van der Waals surface area contributed by atoms with Gasteiger partial charge in [-0.25, -0.2) is 9.18 Å². The number of hydrogen-bond donors (Lipinski definition) is 0. The van der Waals surface area contributed by atoms with Crippen molar-refractivity contribution in [3.05, 3.63) is 69.3 Å². The fourth-order valence-electron chi connectivity index (χ4n) is 3.53. The lowest BCUT2D eigenvalue weighted by atomic mass is 9.90. The van der Waals surface area contributed by atoms with Crippen LogP contribution in [0.2, 0.25) is 0 Å². The zero-order valence-corrected chi connectivity index (χ0v) is 14.5. The number of fused-ring (bicyclic) bond motifs is 3. The summed E-state index contributed by atoms with van der Waals surface area (Å²) in [5.41, 5.74) is 2.25. The molecule has 26 heavy (non-hydrogen) atoms. The topological polar surface area (TPSA) is 48.7 Å². The smallest absolute Gasteiger partial charge is 0.339 e. The molecule has 0 radical (unpaired) electrons. The maximum absolute atomic E-state index is 13.9. The van der Waals surface area contributed by atoms with E-state index in [1.165, 1.54) is 13.2 Å². The van der Waals surface area contributed by atoms with Crippen LogP contribution in [0.5, 0.6) is 11.5 Å². The molecule has 2 aromatic carbocycles. The Morgan fingerprint density at radius 3 is 2.62 bits per heavy atom. The molecule has 1 heterocycles. The Labute approximate surface area is 150 Å². The molecule has 0 bridgehead atoms. The van der Waals surface area contributed by atoms with Gasteiger partial charge in [0.05, 0.1) is 7.11 Å². The van der Waals surface area contributed by atoms with E-state index in [4.69, 9.17) is 13.9 Å². The fourth-order valence-corrected chi connectivity index (χ4v) is 3.53. The van der Waals surface area contributed by atoms with E-state index in [2.05, 4.69) is 0 Å². The predicted octanol–water partition coefficient (Wildman–Crippen LogP) is 4.40. The van der Waals surface area contributed by atoms with Gasteiger partial charge in [0, 0.05) is 16.5 Å². The molecule has 0 fully saturated rings. The van der Waals surface area contributed by atoms with Gasteiger partial charge in [0.1, 0.15) is 12.4 Å². The van der Waals surface area contributed by atoms with Crippen molar-refractivity contribution < 1.29 is 18.3 Å². The van der Waals surface area contributed by atoms with E-state index in [9.17, 15) is 9.18 Å². The summed E-state index contributed by atoms with van der Waals surface area (Å²) in [4.78, 5) is 12.4. The summed E-state index contributed by atoms with van der Waals surface area (Å²) < 4.78 is 30.7. The van der Waals surface area contributed by atoms with E-state index in [0.717, 1.165) is 42.2 Å². The number of aryl methyl sites for hydroxylation is 1. The molecule has 5 heteroatoms. The molecule has 1 aromatic heterocycles. The maximum atomic E-state index is 13.9. The molecule has 1 aliphatic rings. The van der Waals surface area contributed by atoms with Crippen LogP contribution in [0.4, 0.5) is 4.39 Å². The van der Waals surface area contributed by atoms with Gasteiger partial charge >= 0.3 is 5.63 Å². The maximum Gasteiger partial charge on any atom is 0.339 e. The third-order valence-electron chi connectivity index (χ3n) is 4.86. The minimum Gasteiger partial charge on any atom is -0.493 e. The lowest BCUT2D eigenvalue weighted by molar-refractivity contribution is 0.278. The molecule has 0 aliphatic heterocycles. The molecule has 3 aromatic rings. The van der Waals surface area contributed by atoms with E-state index in [1.807, 2.05) is 6.07 Å². The third kappa shape index (κ3) is 2.83. The molecule has 0 spiro atoms. The van der Waals surface area contributed by atoms with Gasteiger partial charge in [0.15, 0.2) is 11.3 Å². The Balaban J connectivity index is 1.83. The van der Waals surface area contributed by atoms with Gasteiger partial charge in [-0.3, -0.25) is 0 Å². The largest absolute Gasteiger partial charge is 0.493 e. The minimum absolute atomic E-state index is 0.0168. The Morgan fingerprint density at radius 1 is 1.08 bits per heavy atom. The van der Waals surface area contributed by atoms with Crippen LogP contribution in [-0.4, -0.2) is 7.11 Å². The summed E-state index contributed by atoms with van der Waals surface area (Å²) in [6.07, 6.45) is 3.63. The number of methoxy groups -OCH3 is 1. The second-order valence-electron chi connectivity index (χ2n) is 6.41. The Morgan fingerprint density at radius 2 is 1.85 bits per heavy atom. The van der Waals surface area contributed by atoms with Crippen LogP contribution in [0.1, 0.15) is 29.5 Å². The Hall–Kier alpha value is -2.82. The zero-order valence-electron chi connectivity index (χ0n) is 14.5. The quantitative estimate of drug-likeness (QED) is 0.652. The first-order chi connectivity index (χ1) is 12.7. The van der Waals surface area contributed by atoms with Crippen LogP contribution < -0.4 is 15.1 Å². The molecule has 134 valence electrons. The van der Waals surface area contributed by atoms with Crippen molar-refractivity contribution in [3.8, 4) is 11.5 Å². The van der Waals surface area contributed by atoms with Gasteiger partial charge in [-0.1, -0.05) is 18.2 Å². The molecule has 4 nitrogen and oxygen atoms in total. The number of rotatable bonds is 4. The molecule has 0 amide bonds. The molecule has 0 saturated carbocycles. The number of hydrogen-bond acceptors (Lipinski definition) is 4. The van der Waals surface area contributed by atoms with Crippen molar-refractivity contribution >= 4 is 11.0 Å². The first-order valence-electron chi connectivity index (χ1n) is 8.71. The average molecular weight is 354 g/mol. The average Bonchev–Trinajstić information content (AvgIpc) is 2.67. The molecule has 4 rings (SSSR count). The highest BCUT2D eigenvalue weighted by molar-refractivity contribution is 5.88. The lowest BCUT2D eigenvalue weighted by Gasteiger charge is -2.18. The number of ether oxygens (including phenoxy) is 2. The summed E-state index contributed by atoms with van der Waals surface area (Å²) in [6, 6.07) is 10.1. The van der Waals surface area contributed by atoms with Crippen molar-refractivity contribution in [1.82, 2.24) is 0 Å². The zero-order chi connectivity index (χ0) is 18.1. The lowest BCUT2D eigenvalue weighted by Crippen LogP contribution is -2.16. The van der Waals surface area contributed by atoms with Gasteiger partial charge in [0.2, 0.25) is 5.75 Å². The molecule has 0 atom stereocenters. The predicted molar refractivity (Wildman–Crippen MR) is 96.4 cm³/mol. The fraction of sp³-hybridized carbons (Fsp3) is 0.286. The van der Waals surface area contributed by atoms with Gasteiger partial charge in [-0.2, -0.15) is 0 Å². The van der Waals surface area contributed by atoms with Crippen LogP contribution in [0, 0.1) is 5.82 Å². The van der Waals surface area contributed by atoms with E-state index in [1.54, 1.807) is 24.3 Å².